The molecular formula is C113H196O16P2. The van der Waals surface area contributed by atoms with E-state index < -0.39 is 91.5 Å². The van der Waals surface area contributed by atoms with E-state index in [1.165, 1.54) is 257 Å². The molecule has 0 bridgehead atoms. The van der Waals surface area contributed by atoms with Crippen molar-refractivity contribution < 1.29 is 75.8 Å². The van der Waals surface area contributed by atoms with Crippen molar-refractivity contribution in [1.82, 2.24) is 0 Å². The maximum atomic E-state index is 13.1. The standard InChI is InChI=1S/C113H196O16P2/c1-4-7-10-13-16-19-22-25-28-31-34-37-40-43-46-49-51-53-55-58-60-63-66-69-72-75-78-81-84-87-90-93-96-99-111(116)123-102-108(114)103-125-130(119,120)126-104-109(115)105-127-131(121,122)128-107-110(129-113(118)101-98-95-92-89-86-83-80-77-74-71-68-65-62-57-48-45-42-39-36-33-30-27-24-21-18-15-12-9-6-3)106-124-112(117)100-97-94-91-88-85-82-79-76-73-70-67-64-61-59-56-54-52-50-47-44-41-38-35-32-29-26-23-20-17-14-11-8-5-2/h7,10,16-21,25-30,34-39,43-48,51,53,108-110,114-115H,4-6,8-9,11-15,22-24,31-33,40-42,49-50,52,54-107H2,1-3H3,(H,119,120)(H,121,122)/b10-7-,19-16-,20-17-,21-18-,28-25-,29-26-,30-27-,37-34-,38-35-,39-36-,46-43-,47-44-,48-45-,53-51-. The summed E-state index contributed by atoms with van der Waals surface area (Å²) >= 11 is 0. The number of carbonyl (C=O) groups excluding carboxylic acids is 3. The Balaban J connectivity index is 4.61. The summed E-state index contributed by atoms with van der Waals surface area (Å²) in [6, 6.07) is 0. The lowest BCUT2D eigenvalue weighted by Gasteiger charge is -2.21. The highest BCUT2D eigenvalue weighted by Gasteiger charge is 2.30. The van der Waals surface area contributed by atoms with Crippen LogP contribution in [0, 0.1) is 0 Å². The number of rotatable bonds is 101. The number of ether oxygens (including phenoxy) is 3. The number of carbonyl (C=O) groups is 3. The second-order valence-corrected chi connectivity index (χ2v) is 38.6. The van der Waals surface area contributed by atoms with E-state index in [0.29, 0.717) is 19.3 Å². The van der Waals surface area contributed by atoms with Crippen molar-refractivity contribution in [1.29, 1.82) is 0 Å². The molecule has 131 heavy (non-hydrogen) atoms. The van der Waals surface area contributed by atoms with Crippen molar-refractivity contribution in [3.8, 4) is 0 Å². The third-order valence-electron chi connectivity index (χ3n) is 22.9. The lowest BCUT2D eigenvalue weighted by molar-refractivity contribution is -0.161. The molecule has 0 aliphatic carbocycles. The first-order valence-electron chi connectivity index (χ1n) is 53.4. The number of allylic oxidation sites excluding steroid dienone is 28. The van der Waals surface area contributed by atoms with E-state index >= 15 is 0 Å². The number of aliphatic hydroxyl groups excluding tert-OH is 2. The lowest BCUT2D eigenvalue weighted by Crippen LogP contribution is -2.30. The van der Waals surface area contributed by atoms with E-state index in [0.717, 1.165) is 154 Å². The van der Waals surface area contributed by atoms with Gasteiger partial charge in [0.1, 0.15) is 25.4 Å². The number of phosphoric acid groups is 2. The fraction of sp³-hybridized carbons (Fsp3) is 0.726. The van der Waals surface area contributed by atoms with Gasteiger partial charge in [0.25, 0.3) is 0 Å². The quantitative estimate of drug-likeness (QED) is 0.0146. The van der Waals surface area contributed by atoms with Gasteiger partial charge < -0.3 is 34.2 Å². The summed E-state index contributed by atoms with van der Waals surface area (Å²) in [5.41, 5.74) is 0. The smallest absolute Gasteiger partial charge is 0.463 e. The van der Waals surface area contributed by atoms with Crippen molar-refractivity contribution in [3.63, 3.8) is 0 Å². The first-order valence-corrected chi connectivity index (χ1v) is 56.4. The minimum Gasteiger partial charge on any atom is -0.463 e. The van der Waals surface area contributed by atoms with Gasteiger partial charge in [0, 0.05) is 19.3 Å². The van der Waals surface area contributed by atoms with Crippen LogP contribution in [-0.2, 0) is 55.8 Å². The van der Waals surface area contributed by atoms with Crippen LogP contribution in [0.4, 0.5) is 0 Å². The summed E-state index contributed by atoms with van der Waals surface area (Å²) < 4.78 is 61.8. The zero-order valence-electron chi connectivity index (χ0n) is 83.7. The van der Waals surface area contributed by atoms with Gasteiger partial charge in [0.2, 0.25) is 0 Å². The van der Waals surface area contributed by atoms with Crippen molar-refractivity contribution in [2.75, 3.05) is 39.6 Å². The van der Waals surface area contributed by atoms with Crippen LogP contribution in [0.5, 0.6) is 0 Å². The molecule has 0 aliphatic rings. The van der Waals surface area contributed by atoms with Crippen LogP contribution in [-0.4, -0.2) is 95.9 Å². The Bertz CT molecular complexity index is 3060. The molecule has 0 aromatic carbocycles. The monoisotopic (exact) mass is 1870 g/mol. The Labute approximate surface area is 803 Å². The van der Waals surface area contributed by atoms with Crippen LogP contribution < -0.4 is 0 Å². The molecule has 0 rings (SSSR count). The molecule has 0 saturated carbocycles. The number of phosphoric ester groups is 2. The molecule has 0 saturated heterocycles. The summed E-state index contributed by atoms with van der Waals surface area (Å²) in [6.45, 7) is 2.60. The van der Waals surface area contributed by atoms with Crippen LogP contribution in [0.25, 0.3) is 0 Å². The average molecular weight is 1870 g/mol. The van der Waals surface area contributed by atoms with E-state index in [9.17, 15) is 43.5 Å². The van der Waals surface area contributed by atoms with Crippen LogP contribution in [0.3, 0.4) is 0 Å². The molecule has 4 N–H and O–H groups in total. The lowest BCUT2D eigenvalue weighted by atomic mass is 10.0. The molecule has 18 heteroatoms. The van der Waals surface area contributed by atoms with Gasteiger partial charge in [-0.05, 0) is 161 Å². The fourth-order valence-electron chi connectivity index (χ4n) is 14.8. The third-order valence-corrected chi connectivity index (χ3v) is 24.8. The van der Waals surface area contributed by atoms with Crippen molar-refractivity contribution in [3.05, 3.63) is 170 Å². The van der Waals surface area contributed by atoms with Crippen LogP contribution in [0.2, 0.25) is 0 Å². The SMILES string of the molecule is CC/C=C\C/C=C\C/C=C\C/C=C\C/C=C\C/C=C\CCCCCCCCCCCCCCCCC(=O)OCC(O)COP(=O)(O)OCC(O)COP(=O)(O)OCC(COC(=O)CCCCCCCCCCCCCCCCCCC/C=C\C/C=C\C/C=C\C/C=C\CCCCC)OC(=O)CCCCCCCCCCCCCCC/C=C\C/C=C\C/C=C\C/C=C\CCCCC. The molecule has 16 nitrogen and oxygen atoms in total. The van der Waals surface area contributed by atoms with E-state index in [1.54, 1.807) is 0 Å². The highest BCUT2D eigenvalue weighted by atomic mass is 31.2. The van der Waals surface area contributed by atoms with Gasteiger partial charge in [0.15, 0.2) is 6.10 Å². The molecule has 754 valence electrons. The Hall–Kier alpha value is -5.09. The van der Waals surface area contributed by atoms with Crippen LogP contribution in [0.1, 0.15) is 470 Å². The molecule has 5 atom stereocenters. The predicted molar refractivity (Wildman–Crippen MR) is 555 cm³/mol. The maximum absolute atomic E-state index is 13.1. The van der Waals surface area contributed by atoms with Gasteiger partial charge in [-0.1, -0.05) is 461 Å². The van der Waals surface area contributed by atoms with Gasteiger partial charge in [0.05, 0.1) is 26.4 Å². The highest BCUT2D eigenvalue weighted by molar-refractivity contribution is 7.47. The topological polar surface area (TPSA) is 231 Å². The average Bonchev–Trinajstić information content (AvgIpc) is 0.899. The fourth-order valence-corrected chi connectivity index (χ4v) is 16.4. The van der Waals surface area contributed by atoms with E-state index in [2.05, 4.69) is 191 Å². The molecule has 0 radical (unpaired) electrons. The van der Waals surface area contributed by atoms with Crippen LogP contribution in [0.15, 0.2) is 170 Å². The van der Waals surface area contributed by atoms with E-state index in [4.69, 9.17) is 32.3 Å². The second kappa shape index (κ2) is 104. The predicted octanol–water partition coefficient (Wildman–Crippen LogP) is 34.1. The molecule has 0 amide bonds. The van der Waals surface area contributed by atoms with Gasteiger partial charge in [-0.3, -0.25) is 32.5 Å². The summed E-state index contributed by atoms with van der Waals surface area (Å²) in [7, 11) is -9.82. The first kappa shape index (κ1) is 126. The number of aliphatic hydroxyl groups is 2. The third kappa shape index (κ3) is 105. The normalized spacial score (nSPS) is 14.3. The highest BCUT2D eigenvalue weighted by Crippen LogP contribution is 2.45. The Kier molecular flexibility index (Phi) is 99.8. The largest absolute Gasteiger partial charge is 0.472 e. The van der Waals surface area contributed by atoms with Gasteiger partial charge in [-0.25, -0.2) is 9.13 Å². The number of esters is 3. The molecule has 0 fully saturated rings. The maximum Gasteiger partial charge on any atom is 0.472 e. The van der Waals surface area contributed by atoms with Crippen molar-refractivity contribution >= 4 is 33.6 Å². The Morgan fingerprint density at radius 3 is 0.641 bits per heavy atom. The molecule has 0 heterocycles. The van der Waals surface area contributed by atoms with Crippen molar-refractivity contribution in [2.24, 2.45) is 0 Å². The van der Waals surface area contributed by atoms with Gasteiger partial charge in [-0.2, -0.15) is 0 Å². The van der Waals surface area contributed by atoms with E-state index in [-0.39, 0.29) is 19.3 Å². The summed E-state index contributed by atoms with van der Waals surface area (Å²) in [4.78, 5) is 59.3. The summed E-state index contributed by atoms with van der Waals surface area (Å²) in [6.07, 6.45) is 137. The summed E-state index contributed by atoms with van der Waals surface area (Å²) in [5.74, 6) is -1.56. The molecular weight excluding hydrogens is 1680 g/mol. The number of hydrogen-bond donors (Lipinski definition) is 4. The summed E-state index contributed by atoms with van der Waals surface area (Å²) in [5, 5.41) is 20.8. The first-order chi connectivity index (χ1) is 64.2. The van der Waals surface area contributed by atoms with Gasteiger partial charge in [-0.15, -0.1) is 0 Å². The minimum atomic E-state index is -4.95. The number of hydrogen-bond acceptors (Lipinski definition) is 14. The second-order valence-electron chi connectivity index (χ2n) is 35.7. The Morgan fingerprint density at radius 2 is 0.405 bits per heavy atom. The Morgan fingerprint density at radius 1 is 0.221 bits per heavy atom. The van der Waals surface area contributed by atoms with Gasteiger partial charge >= 0.3 is 33.6 Å². The molecule has 0 aromatic heterocycles. The van der Waals surface area contributed by atoms with Crippen LogP contribution >= 0.6 is 15.6 Å². The zero-order valence-corrected chi connectivity index (χ0v) is 85.5. The van der Waals surface area contributed by atoms with E-state index in [1.807, 2.05) is 0 Å². The zero-order chi connectivity index (χ0) is 95.0. The molecule has 0 aliphatic heterocycles. The van der Waals surface area contributed by atoms with Crippen molar-refractivity contribution in [2.45, 2.75) is 489 Å². The molecule has 5 unspecified atom stereocenters. The minimum absolute atomic E-state index is 0.102. The number of unbranched alkanes of at least 4 members (excludes halogenated alkanes) is 50. The molecule has 0 aromatic rings. The molecule has 0 spiro atoms.